The quantitative estimate of drug-likeness (QED) is 0.839. The van der Waals surface area contributed by atoms with Crippen LogP contribution in [-0.2, 0) is 15.0 Å². The number of carbonyl (C=O) groups is 2. The van der Waals surface area contributed by atoms with Gasteiger partial charge in [-0.1, -0.05) is 25.0 Å². The summed E-state index contributed by atoms with van der Waals surface area (Å²) in [6, 6.07) is 7.70. The summed E-state index contributed by atoms with van der Waals surface area (Å²) in [5.41, 5.74) is 0.496. The Kier molecular flexibility index (Phi) is 5.64. The number of nitrogens with zero attached hydrogens (tertiary/aromatic N) is 1. The molecule has 0 radical (unpaired) electrons. The van der Waals surface area contributed by atoms with Crippen LogP contribution in [0.1, 0.15) is 44.6 Å². The molecule has 0 unspecified atom stereocenters. The van der Waals surface area contributed by atoms with Gasteiger partial charge in [0.15, 0.2) is 0 Å². The Balaban J connectivity index is 2.27. The number of carboxylic acids is 1. The molecule has 5 heteroatoms. The van der Waals surface area contributed by atoms with Crippen molar-refractivity contribution in [3.8, 4) is 5.75 Å². The highest BCUT2D eigenvalue weighted by molar-refractivity contribution is 5.89. The highest BCUT2D eigenvalue weighted by Crippen LogP contribution is 2.43. The Bertz CT molecular complexity index is 547. The van der Waals surface area contributed by atoms with E-state index >= 15 is 0 Å². The van der Waals surface area contributed by atoms with E-state index in [0.29, 0.717) is 6.54 Å². The van der Waals surface area contributed by atoms with Crippen LogP contribution < -0.4 is 4.74 Å². The molecule has 0 bridgehead atoms. The fourth-order valence-electron chi connectivity index (χ4n) is 3.45. The molecule has 0 saturated heterocycles. The molecule has 126 valence electrons. The van der Waals surface area contributed by atoms with E-state index in [1.807, 2.05) is 31.2 Å². The van der Waals surface area contributed by atoms with E-state index in [4.69, 9.17) is 9.84 Å². The number of carbonyl (C=O) groups excluding carboxylic acids is 1. The molecule has 0 atom stereocenters. The number of likely N-dealkylation sites (N-methyl/N-ethyl adjacent to an activating group) is 1. The van der Waals surface area contributed by atoms with E-state index in [1.165, 1.54) is 0 Å². The monoisotopic (exact) mass is 319 g/mol. The molecule has 1 aromatic rings. The molecule has 0 aliphatic heterocycles. The zero-order chi connectivity index (χ0) is 16.9. The van der Waals surface area contributed by atoms with E-state index < -0.39 is 11.4 Å². The molecule has 1 N–H and O–H groups in total. The number of methoxy groups -OCH3 is 1. The van der Waals surface area contributed by atoms with Gasteiger partial charge in [-0.3, -0.25) is 9.59 Å². The van der Waals surface area contributed by atoms with Crippen molar-refractivity contribution >= 4 is 11.9 Å². The first-order valence-electron chi connectivity index (χ1n) is 8.19. The van der Waals surface area contributed by atoms with Gasteiger partial charge in [-0.25, -0.2) is 0 Å². The SMILES string of the molecule is CCN(CCC(=O)O)C(=O)C1(c2ccc(OC)cc2)CCCC1. The van der Waals surface area contributed by atoms with Gasteiger partial charge in [0, 0.05) is 13.1 Å². The van der Waals surface area contributed by atoms with Crippen LogP contribution in [0.2, 0.25) is 0 Å². The van der Waals surface area contributed by atoms with Crippen molar-refractivity contribution in [2.45, 2.75) is 44.4 Å². The summed E-state index contributed by atoms with van der Waals surface area (Å²) in [6.07, 6.45) is 3.67. The molecular weight excluding hydrogens is 294 g/mol. The first-order chi connectivity index (χ1) is 11.0. The standard InChI is InChI=1S/C18H25NO4/c1-3-19(13-10-16(20)21)17(22)18(11-4-5-12-18)14-6-8-15(23-2)9-7-14/h6-9H,3-5,10-13H2,1-2H3,(H,20,21). The largest absolute Gasteiger partial charge is 0.497 e. The molecule has 1 aliphatic rings. The molecule has 0 spiro atoms. The maximum absolute atomic E-state index is 13.2. The van der Waals surface area contributed by atoms with Crippen molar-refractivity contribution in [1.82, 2.24) is 4.90 Å². The van der Waals surface area contributed by atoms with Crippen LogP contribution >= 0.6 is 0 Å². The Morgan fingerprint density at radius 2 is 1.83 bits per heavy atom. The molecule has 23 heavy (non-hydrogen) atoms. The van der Waals surface area contributed by atoms with Gasteiger partial charge in [0.05, 0.1) is 18.9 Å². The second-order valence-corrected chi connectivity index (χ2v) is 6.05. The lowest BCUT2D eigenvalue weighted by Crippen LogP contribution is -2.46. The zero-order valence-corrected chi connectivity index (χ0v) is 13.9. The van der Waals surface area contributed by atoms with Crippen molar-refractivity contribution in [2.24, 2.45) is 0 Å². The molecule has 0 heterocycles. The lowest BCUT2D eigenvalue weighted by atomic mass is 9.77. The number of carboxylic acid groups (broad SMARTS) is 1. The summed E-state index contributed by atoms with van der Waals surface area (Å²) in [5.74, 6) is -0.0438. The maximum Gasteiger partial charge on any atom is 0.305 e. The normalized spacial score (nSPS) is 16.1. The highest BCUT2D eigenvalue weighted by Gasteiger charge is 2.44. The minimum atomic E-state index is -0.874. The summed E-state index contributed by atoms with van der Waals surface area (Å²) in [7, 11) is 1.62. The Labute approximate surface area is 137 Å². The number of benzene rings is 1. The predicted molar refractivity (Wildman–Crippen MR) is 87.6 cm³/mol. The third-order valence-corrected chi connectivity index (χ3v) is 4.77. The molecule has 5 nitrogen and oxygen atoms in total. The van der Waals surface area contributed by atoms with Gasteiger partial charge in [-0.2, -0.15) is 0 Å². The summed E-state index contributed by atoms with van der Waals surface area (Å²) < 4.78 is 5.20. The second-order valence-electron chi connectivity index (χ2n) is 6.05. The number of hydrogen-bond donors (Lipinski definition) is 1. The minimum absolute atomic E-state index is 0.0156. The lowest BCUT2D eigenvalue weighted by molar-refractivity contribution is -0.140. The molecule has 2 rings (SSSR count). The average Bonchev–Trinajstić information content (AvgIpc) is 3.06. The Hall–Kier alpha value is -2.04. The maximum atomic E-state index is 13.2. The van der Waals surface area contributed by atoms with E-state index in [1.54, 1.807) is 12.0 Å². The fourth-order valence-corrected chi connectivity index (χ4v) is 3.45. The molecule has 1 saturated carbocycles. The molecule has 0 aromatic heterocycles. The first kappa shape index (κ1) is 17.3. The Morgan fingerprint density at radius 1 is 1.22 bits per heavy atom. The number of ether oxygens (including phenoxy) is 1. The topological polar surface area (TPSA) is 66.8 Å². The van der Waals surface area contributed by atoms with Gasteiger partial charge < -0.3 is 14.7 Å². The summed E-state index contributed by atoms with van der Waals surface area (Å²) in [4.78, 5) is 25.7. The van der Waals surface area contributed by atoms with Crippen LogP contribution in [-0.4, -0.2) is 42.1 Å². The Morgan fingerprint density at radius 3 is 2.30 bits per heavy atom. The summed E-state index contributed by atoms with van der Waals surface area (Å²) >= 11 is 0. The van der Waals surface area contributed by atoms with E-state index in [0.717, 1.165) is 37.0 Å². The van der Waals surface area contributed by atoms with E-state index in [-0.39, 0.29) is 18.9 Å². The van der Waals surface area contributed by atoms with Crippen LogP contribution in [0, 0.1) is 0 Å². The lowest BCUT2D eigenvalue weighted by Gasteiger charge is -2.34. The summed E-state index contributed by atoms with van der Waals surface area (Å²) in [5, 5.41) is 8.89. The smallest absolute Gasteiger partial charge is 0.305 e. The van der Waals surface area contributed by atoms with Crippen molar-refractivity contribution in [1.29, 1.82) is 0 Å². The predicted octanol–water partition coefficient (Wildman–Crippen LogP) is 2.83. The molecule has 1 aromatic carbocycles. The van der Waals surface area contributed by atoms with Gasteiger partial charge in [0.1, 0.15) is 5.75 Å². The van der Waals surface area contributed by atoms with Crippen molar-refractivity contribution in [3.63, 3.8) is 0 Å². The fraction of sp³-hybridized carbons (Fsp3) is 0.556. The average molecular weight is 319 g/mol. The van der Waals surface area contributed by atoms with Gasteiger partial charge in [0.2, 0.25) is 5.91 Å². The van der Waals surface area contributed by atoms with Crippen LogP contribution in [0.3, 0.4) is 0 Å². The molecule has 1 aliphatic carbocycles. The molecule has 1 amide bonds. The van der Waals surface area contributed by atoms with Crippen LogP contribution in [0.15, 0.2) is 24.3 Å². The molecule has 1 fully saturated rings. The molecular formula is C18H25NO4. The van der Waals surface area contributed by atoms with Crippen molar-refractivity contribution in [3.05, 3.63) is 29.8 Å². The third-order valence-electron chi connectivity index (χ3n) is 4.77. The first-order valence-corrected chi connectivity index (χ1v) is 8.19. The van der Waals surface area contributed by atoms with Crippen LogP contribution in [0.5, 0.6) is 5.75 Å². The zero-order valence-electron chi connectivity index (χ0n) is 13.9. The number of aliphatic carboxylic acids is 1. The van der Waals surface area contributed by atoms with Crippen LogP contribution in [0.25, 0.3) is 0 Å². The summed E-state index contributed by atoms with van der Waals surface area (Å²) in [6.45, 7) is 2.70. The van der Waals surface area contributed by atoms with Crippen molar-refractivity contribution < 1.29 is 19.4 Å². The number of amides is 1. The van der Waals surface area contributed by atoms with Gasteiger partial charge >= 0.3 is 5.97 Å². The highest BCUT2D eigenvalue weighted by atomic mass is 16.5. The van der Waals surface area contributed by atoms with Crippen molar-refractivity contribution in [2.75, 3.05) is 20.2 Å². The van der Waals surface area contributed by atoms with Crippen LogP contribution in [0.4, 0.5) is 0 Å². The minimum Gasteiger partial charge on any atom is -0.497 e. The van der Waals surface area contributed by atoms with Gasteiger partial charge in [0.25, 0.3) is 0 Å². The number of rotatable bonds is 7. The second kappa shape index (κ2) is 7.49. The van der Waals surface area contributed by atoms with E-state index in [9.17, 15) is 9.59 Å². The van der Waals surface area contributed by atoms with E-state index in [2.05, 4.69) is 0 Å². The number of hydrogen-bond acceptors (Lipinski definition) is 3. The third kappa shape index (κ3) is 3.66. The van der Waals surface area contributed by atoms with Gasteiger partial charge in [-0.05, 0) is 37.5 Å². The van der Waals surface area contributed by atoms with Gasteiger partial charge in [-0.15, -0.1) is 0 Å².